The van der Waals surface area contributed by atoms with Crippen molar-refractivity contribution in [3.63, 3.8) is 0 Å². The van der Waals surface area contributed by atoms with Gasteiger partial charge >= 0.3 is 0 Å². The number of benzene rings is 1. The molecule has 9 nitrogen and oxygen atoms in total. The molecule has 1 N–H and O–H groups in total. The van der Waals surface area contributed by atoms with Crippen LogP contribution >= 0.6 is 0 Å². The van der Waals surface area contributed by atoms with Crippen LogP contribution in [0.15, 0.2) is 30.7 Å². The Kier molecular flexibility index (Phi) is 5.23. The number of aromatic nitrogens is 5. The lowest BCUT2D eigenvalue weighted by Gasteiger charge is -2.36. The summed E-state index contributed by atoms with van der Waals surface area (Å²) in [7, 11) is 5.82. The van der Waals surface area contributed by atoms with E-state index in [9.17, 15) is 4.79 Å². The van der Waals surface area contributed by atoms with Crippen LogP contribution in [-0.2, 0) is 11.3 Å². The first-order valence-electron chi connectivity index (χ1n) is 10.8. The average molecular weight is 424 g/mol. The molecule has 1 aliphatic heterocycles. The molecule has 1 amide bonds. The van der Waals surface area contributed by atoms with E-state index in [1.807, 2.05) is 48.1 Å². The zero-order valence-electron chi connectivity index (χ0n) is 18.2. The summed E-state index contributed by atoms with van der Waals surface area (Å²) in [6, 6.07) is 5.86. The lowest BCUT2D eigenvalue weighted by molar-refractivity contribution is -0.00547. The van der Waals surface area contributed by atoms with Crippen molar-refractivity contribution in [1.29, 1.82) is 0 Å². The van der Waals surface area contributed by atoms with E-state index in [-0.39, 0.29) is 18.1 Å². The molecular formula is C22H29N7O2. The summed E-state index contributed by atoms with van der Waals surface area (Å²) in [5.41, 5.74) is 3.26. The molecule has 0 unspecified atom stereocenters. The number of para-hydroxylation sites is 1. The van der Waals surface area contributed by atoms with Crippen molar-refractivity contribution in [3.8, 4) is 0 Å². The molecule has 1 saturated carbocycles. The van der Waals surface area contributed by atoms with E-state index < -0.39 is 0 Å². The van der Waals surface area contributed by atoms with Crippen molar-refractivity contribution < 1.29 is 9.53 Å². The molecule has 1 saturated heterocycles. The Balaban J connectivity index is 1.33. The second kappa shape index (κ2) is 8.05. The second-order valence-corrected chi connectivity index (χ2v) is 9.08. The Morgan fingerprint density at radius 3 is 2.84 bits per heavy atom. The van der Waals surface area contributed by atoms with Crippen molar-refractivity contribution in [2.45, 2.75) is 31.5 Å². The van der Waals surface area contributed by atoms with Crippen molar-refractivity contribution in [3.05, 3.63) is 42.0 Å². The van der Waals surface area contributed by atoms with Gasteiger partial charge in [-0.2, -0.15) is 0 Å². The zero-order valence-corrected chi connectivity index (χ0v) is 18.2. The molecule has 5 rings (SSSR count). The molecule has 164 valence electrons. The molecule has 2 aromatic heterocycles. The highest BCUT2D eigenvalue weighted by atomic mass is 16.5. The third-order valence-electron chi connectivity index (χ3n) is 6.73. The maximum absolute atomic E-state index is 13.3. The monoisotopic (exact) mass is 423 g/mol. The average Bonchev–Trinajstić information content (AvgIpc) is 3.50. The number of carbonyl (C=O) groups excluding carboxylic acids is 1. The number of fused-ring (bicyclic) bond motifs is 2. The van der Waals surface area contributed by atoms with Gasteiger partial charge in [0.2, 0.25) is 0 Å². The molecule has 3 aromatic rings. The Morgan fingerprint density at radius 2 is 2.06 bits per heavy atom. The molecule has 2 fully saturated rings. The van der Waals surface area contributed by atoms with Gasteiger partial charge in [-0.05, 0) is 50.9 Å². The van der Waals surface area contributed by atoms with Crippen molar-refractivity contribution in [2.75, 3.05) is 34.3 Å². The molecule has 3 heterocycles. The quantitative estimate of drug-likeness (QED) is 0.674. The summed E-state index contributed by atoms with van der Waals surface area (Å²) in [5.74, 6) is 0.931. The van der Waals surface area contributed by atoms with Crippen LogP contribution in [0, 0.1) is 11.8 Å². The van der Waals surface area contributed by atoms with Gasteiger partial charge in [0.15, 0.2) is 0 Å². The summed E-state index contributed by atoms with van der Waals surface area (Å²) < 4.78 is 7.84. The number of amides is 1. The molecule has 9 heteroatoms. The van der Waals surface area contributed by atoms with Crippen molar-refractivity contribution in [2.24, 2.45) is 11.8 Å². The smallest absolute Gasteiger partial charge is 0.256 e. The minimum absolute atomic E-state index is 0.0617. The normalized spacial score (nSPS) is 26.0. The summed E-state index contributed by atoms with van der Waals surface area (Å²) in [6.07, 6.45) is 5.60. The fourth-order valence-electron chi connectivity index (χ4n) is 5.27. The minimum atomic E-state index is 0.0617. The molecule has 0 bridgehead atoms. The molecule has 0 radical (unpaired) electrons. The fourth-order valence-corrected chi connectivity index (χ4v) is 5.27. The largest absolute Gasteiger partial charge is 0.379 e. The minimum Gasteiger partial charge on any atom is -0.379 e. The Morgan fingerprint density at radius 1 is 1.26 bits per heavy atom. The summed E-state index contributed by atoms with van der Waals surface area (Å²) in [4.78, 5) is 24.8. The summed E-state index contributed by atoms with van der Waals surface area (Å²) >= 11 is 0. The van der Waals surface area contributed by atoms with Gasteiger partial charge in [-0.1, -0.05) is 11.3 Å². The first-order valence-corrected chi connectivity index (χ1v) is 10.8. The van der Waals surface area contributed by atoms with Gasteiger partial charge in [0.25, 0.3) is 5.91 Å². The first kappa shape index (κ1) is 20.1. The standard InChI is InChI=1S/C22H29N7O2/c1-27(2)11-16-12-29(26-25-16)19-7-14-9-28(10-15(14)8-20(19)31-3)22(30)17-5-4-6-18-21(17)24-13-23-18/h4-6,12-15,19-20H,7-11H2,1-3H3,(H,23,24)/t14-,15+,19-,20-/m1/s1. The number of rotatable bonds is 5. The maximum atomic E-state index is 13.3. The number of aromatic amines is 1. The van der Waals surface area contributed by atoms with Gasteiger partial charge in [0, 0.05) is 26.7 Å². The van der Waals surface area contributed by atoms with Crippen LogP contribution < -0.4 is 0 Å². The molecule has 0 spiro atoms. The van der Waals surface area contributed by atoms with Crippen LogP contribution in [0.2, 0.25) is 0 Å². The molecule has 4 atom stereocenters. The topological polar surface area (TPSA) is 92.2 Å². The zero-order chi connectivity index (χ0) is 21.5. The van der Waals surface area contributed by atoms with Crippen LogP contribution in [0.25, 0.3) is 11.0 Å². The number of H-pyrrole nitrogens is 1. The van der Waals surface area contributed by atoms with E-state index in [0.29, 0.717) is 17.4 Å². The number of ether oxygens (including phenoxy) is 1. The third-order valence-corrected chi connectivity index (χ3v) is 6.73. The second-order valence-electron chi connectivity index (χ2n) is 9.08. The highest BCUT2D eigenvalue weighted by Gasteiger charge is 2.45. The van der Waals surface area contributed by atoms with E-state index in [4.69, 9.17) is 4.74 Å². The van der Waals surface area contributed by atoms with E-state index in [1.165, 1.54) is 0 Å². The maximum Gasteiger partial charge on any atom is 0.256 e. The number of hydrogen-bond donors (Lipinski definition) is 1. The highest BCUT2D eigenvalue weighted by Crippen LogP contribution is 2.42. The number of hydrogen-bond acceptors (Lipinski definition) is 6. The molecule has 31 heavy (non-hydrogen) atoms. The van der Waals surface area contributed by atoms with E-state index in [0.717, 1.165) is 49.2 Å². The molecule has 1 aliphatic carbocycles. The highest BCUT2D eigenvalue weighted by molar-refractivity contribution is 6.04. The Labute approximate surface area is 181 Å². The van der Waals surface area contributed by atoms with Crippen LogP contribution in [0.1, 0.15) is 34.9 Å². The van der Waals surface area contributed by atoms with E-state index >= 15 is 0 Å². The van der Waals surface area contributed by atoms with E-state index in [1.54, 1.807) is 13.4 Å². The lowest BCUT2D eigenvalue weighted by atomic mass is 9.77. The number of imidazole rings is 1. The molecule has 1 aromatic carbocycles. The Bertz CT molecular complexity index is 1070. The molecular weight excluding hydrogens is 394 g/mol. The SMILES string of the molecule is CO[C@@H]1C[C@H]2CN(C(=O)c3cccc4[nH]cnc34)C[C@H]2C[C@H]1n1cc(CN(C)C)nn1. The van der Waals surface area contributed by atoms with Crippen LogP contribution in [0.5, 0.6) is 0 Å². The molecule has 2 aliphatic rings. The first-order chi connectivity index (χ1) is 15.0. The number of likely N-dealkylation sites (tertiary alicyclic amines) is 1. The fraction of sp³-hybridized carbons (Fsp3) is 0.545. The lowest BCUT2D eigenvalue weighted by Crippen LogP contribution is -2.37. The van der Waals surface area contributed by atoms with Crippen LogP contribution in [0.3, 0.4) is 0 Å². The van der Waals surface area contributed by atoms with Gasteiger partial charge in [-0.15, -0.1) is 5.10 Å². The summed E-state index contributed by atoms with van der Waals surface area (Å²) in [6.45, 7) is 2.29. The van der Waals surface area contributed by atoms with E-state index in [2.05, 4.69) is 25.2 Å². The predicted molar refractivity (Wildman–Crippen MR) is 115 cm³/mol. The van der Waals surface area contributed by atoms with Gasteiger partial charge in [0.05, 0.1) is 41.4 Å². The number of methoxy groups -OCH3 is 1. The number of nitrogens with one attached hydrogen (secondary N) is 1. The van der Waals surface area contributed by atoms with Gasteiger partial charge in [-0.25, -0.2) is 9.67 Å². The van der Waals surface area contributed by atoms with Crippen molar-refractivity contribution in [1.82, 2.24) is 34.8 Å². The summed E-state index contributed by atoms with van der Waals surface area (Å²) in [5, 5.41) is 8.74. The third kappa shape index (κ3) is 3.72. The van der Waals surface area contributed by atoms with Gasteiger partial charge in [-0.3, -0.25) is 4.79 Å². The predicted octanol–water partition coefficient (Wildman–Crippen LogP) is 1.95. The van der Waals surface area contributed by atoms with Crippen molar-refractivity contribution >= 4 is 16.9 Å². The van der Waals surface area contributed by atoms with Gasteiger partial charge < -0.3 is 19.5 Å². The van der Waals surface area contributed by atoms with Crippen LogP contribution in [-0.4, -0.2) is 81.1 Å². The number of nitrogens with zero attached hydrogens (tertiary/aromatic N) is 6. The Hall–Kier alpha value is -2.78. The number of carbonyl (C=O) groups is 1. The van der Waals surface area contributed by atoms with Crippen LogP contribution in [0.4, 0.5) is 0 Å². The van der Waals surface area contributed by atoms with Gasteiger partial charge in [0.1, 0.15) is 5.52 Å².